The van der Waals surface area contributed by atoms with Crippen molar-refractivity contribution in [1.29, 1.82) is 0 Å². The molecule has 9 nitrogen and oxygen atoms in total. The summed E-state index contributed by atoms with van der Waals surface area (Å²) in [6.45, 7) is 4.65. The van der Waals surface area contributed by atoms with Gasteiger partial charge in [-0.3, -0.25) is 9.78 Å². The number of anilines is 2. The van der Waals surface area contributed by atoms with Crippen molar-refractivity contribution >= 4 is 28.5 Å². The number of fused-ring (bicyclic) bond motifs is 1. The number of halogens is 6. The first-order valence-corrected chi connectivity index (χ1v) is 17.0. The smallest absolute Gasteiger partial charge is 0.433 e. The van der Waals surface area contributed by atoms with E-state index < -0.39 is 23.6 Å². The van der Waals surface area contributed by atoms with E-state index in [0.29, 0.717) is 68.8 Å². The van der Waals surface area contributed by atoms with E-state index in [9.17, 15) is 31.1 Å². The number of methoxy groups -OCH3 is 1. The Morgan fingerprint density at radius 1 is 1.00 bits per heavy atom. The van der Waals surface area contributed by atoms with Gasteiger partial charge >= 0.3 is 18.3 Å². The molecule has 274 valence electrons. The van der Waals surface area contributed by atoms with Crippen LogP contribution in [-0.2, 0) is 26.6 Å². The molecular weight excluding hydrogens is 678 g/mol. The molecule has 15 heteroatoms. The van der Waals surface area contributed by atoms with Gasteiger partial charge in [0.25, 0.3) is 0 Å². The third kappa shape index (κ3) is 7.77. The predicted molar refractivity (Wildman–Crippen MR) is 180 cm³/mol. The van der Waals surface area contributed by atoms with Gasteiger partial charge in [-0.2, -0.15) is 26.3 Å². The minimum Gasteiger partial charge on any atom is -0.466 e. The molecule has 2 fully saturated rings. The lowest BCUT2D eigenvalue weighted by atomic mass is 9.86. The SMILES string of the molecule is CCOC(=O)C1CCN(c2ccc(-c3nc4nc(-c5cnc(C(F)(F)F)c(C(F)(F)F)c5)cc(N(C)CC5(COC)CCCC5)c4[nH]3)cc2)CC1. The fourth-order valence-electron chi connectivity index (χ4n) is 7.44. The molecule has 1 aromatic carbocycles. The highest BCUT2D eigenvalue weighted by Crippen LogP contribution is 2.43. The van der Waals surface area contributed by atoms with Gasteiger partial charge in [0.15, 0.2) is 11.3 Å². The number of alkyl halides is 6. The van der Waals surface area contributed by atoms with Crippen molar-refractivity contribution in [2.45, 2.75) is 57.8 Å². The minimum atomic E-state index is -5.30. The molecule has 1 aliphatic heterocycles. The third-order valence-electron chi connectivity index (χ3n) is 9.92. The number of carbonyl (C=O) groups excluding carboxylic acids is 1. The Hall–Kier alpha value is -4.40. The van der Waals surface area contributed by atoms with Gasteiger partial charge in [-0.05, 0) is 69.0 Å². The van der Waals surface area contributed by atoms with Gasteiger partial charge in [0.05, 0.1) is 36.1 Å². The van der Waals surface area contributed by atoms with Crippen LogP contribution in [0.1, 0.15) is 56.7 Å². The zero-order chi connectivity index (χ0) is 36.6. The van der Waals surface area contributed by atoms with Crippen molar-refractivity contribution in [1.82, 2.24) is 19.9 Å². The van der Waals surface area contributed by atoms with E-state index in [1.54, 1.807) is 20.1 Å². The molecule has 1 saturated carbocycles. The van der Waals surface area contributed by atoms with Gasteiger partial charge in [-0.15, -0.1) is 0 Å². The summed E-state index contributed by atoms with van der Waals surface area (Å²) < 4.78 is 92.9. The number of nitrogens with one attached hydrogen (secondary N) is 1. The average molecular weight is 719 g/mol. The van der Waals surface area contributed by atoms with E-state index in [2.05, 4.69) is 19.9 Å². The summed E-state index contributed by atoms with van der Waals surface area (Å²) in [5.41, 5.74) is -1.26. The van der Waals surface area contributed by atoms with Crippen LogP contribution in [0.5, 0.6) is 0 Å². The molecule has 1 saturated heterocycles. The number of H-pyrrole nitrogens is 1. The van der Waals surface area contributed by atoms with Crippen LogP contribution < -0.4 is 9.80 Å². The number of benzene rings is 1. The van der Waals surface area contributed by atoms with E-state index in [-0.39, 0.29) is 34.2 Å². The van der Waals surface area contributed by atoms with Gasteiger partial charge in [-0.1, -0.05) is 12.8 Å². The maximum atomic E-state index is 13.9. The zero-order valence-electron chi connectivity index (χ0n) is 28.6. The van der Waals surface area contributed by atoms with Crippen LogP contribution in [0, 0.1) is 11.3 Å². The van der Waals surface area contributed by atoms with Crippen LogP contribution in [0.15, 0.2) is 42.6 Å². The number of hydrogen-bond donors (Lipinski definition) is 1. The molecule has 2 aliphatic rings. The van der Waals surface area contributed by atoms with Gasteiger partial charge in [0.1, 0.15) is 11.3 Å². The number of aromatic nitrogens is 4. The van der Waals surface area contributed by atoms with E-state index in [4.69, 9.17) is 14.5 Å². The summed E-state index contributed by atoms with van der Waals surface area (Å²) >= 11 is 0. The van der Waals surface area contributed by atoms with E-state index in [1.165, 1.54) is 0 Å². The van der Waals surface area contributed by atoms with Crippen LogP contribution in [0.2, 0.25) is 0 Å². The molecule has 4 heterocycles. The third-order valence-corrected chi connectivity index (χ3v) is 9.92. The molecular formula is C36H40F6N6O3. The first kappa shape index (κ1) is 36.4. The van der Waals surface area contributed by atoms with E-state index in [0.717, 1.165) is 43.1 Å². The molecule has 4 aromatic rings. The number of aromatic amines is 1. The Morgan fingerprint density at radius 2 is 1.69 bits per heavy atom. The molecule has 0 bridgehead atoms. The molecule has 0 radical (unpaired) electrons. The minimum absolute atomic E-state index is 0.00269. The molecule has 3 aromatic heterocycles. The first-order valence-electron chi connectivity index (χ1n) is 17.0. The van der Waals surface area contributed by atoms with Crippen molar-refractivity contribution in [2.75, 3.05) is 56.8 Å². The second kappa shape index (κ2) is 14.3. The Bertz CT molecular complexity index is 1850. The van der Waals surface area contributed by atoms with E-state index >= 15 is 0 Å². The standard InChI is InChI=1S/C36H40F6N6O3/c1-4-51-33(49)23-11-15-48(16-12-23)25-9-7-22(8-10-25)31-45-29-28(47(2)20-34(21-50-3)13-5-6-14-34)18-27(44-32(29)46-31)24-17-26(35(37,38)39)30(43-19-24)36(40,41)42/h7-10,17-19,23H,4-6,11-16,20-21H2,1-3H3,(H,44,45,46). The molecule has 1 aliphatic carbocycles. The fourth-order valence-corrected chi connectivity index (χ4v) is 7.44. The Balaban J connectivity index is 1.36. The lowest BCUT2D eigenvalue weighted by Gasteiger charge is -2.34. The number of hydrogen-bond acceptors (Lipinski definition) is 8. The van der Waals surface area contributed by atoms with Crippen LogP contribution in [-0.4, -0.2) is 72.9 Å². The molecule has 6 rings (SSSR count). The zero-order valence-corrected chi connectivity index (χ0v) is 28.6. The fraction of sp³-hybridized carbons (Fsp3) is 0.500. The summed E-state index contributed by atoms with van der Waals surface area (Å²) in [6.07, 6.45) is -4.49. The summed E-state index contributed by atoms with van der Waals surface area (Å²) in [4.78, 5) is 32.1. The van der Waals surface area contributed by atoms with Crippen molar-refractivity contribution in [3.05, 3.63) is 53.9 Å². The number of piperidine rings is 1. The van der Waals surface area contributed by atoms with Gasteiger partial charge in [-0.25, -0.2) is 9.97 Å². The Morgan fingerprint density at radius 3 is 2.29 bits per heavy atom. The van der Waals surface area contributed by atoms with E-state index in [1.807, 2.05) is 36.2 Å². The summed E-state index contributed by atoms with van der Waals surface area (Å²) in [5, 5.41) is 0. The molecule has 0 spiro atoms. The quantitative estimate of drug-likeness (QED) is 0.130. The van der Waals surface area contributed by atoms with Gasteiger partial charge < -0.3 is 24.3 Å². The Labute approximate surface area is 291 Å². The number of nitrogens with zero attached hydrogens (tertiary/aromatic N) is 5. The molecule has 0 unspecified atom stereocenters. The normalized spacial score (nSPS) is 16.9. The highest BCUT2D eigenvalue weighted by atomic mass is 19.4. The van der Waals surface area contributed by atoms with Crippen molar-refractivity contribution in [2.24, 2.45) is 11.3 Å². The maximum absolute atomic E-state index is 13.9. The van der Waals surface area contributed by atoms with Gasteiger partial charge in [0, 0.05) is 62.2 Å². The van der Waals surface area contributed by atoms with Crippen molar-refractivity contribution in [3.8, 4) is 22.6 Å². The molecule has 1 N–H and O–H groups in total. The number of rotatable bonds is 10. The largest absolute Gasteiger partial charge is 0.466 e. The maximum Gasteiger partial charge on any atom is 0.433 e. The highest BCUT2D eigenvalue weighted by molar-refractivity contribution is 5.91. The summed E-state index contributed by atoms with van der Waals surface area (Å²) in [7, 11) is 3.51. The number of imidazole rings is 1. The molecule has 0 atom stereocenters. The van der Waals surface area contributed by atoms with Gasteiger partial charge in [0.2, 0.25) is 0 Å². The summed E-state index contributed by atoms with van der Waals surface area (Å²) in [6, 6.07) is 9.72. The Kier molecular flexibility index (Phi) is 10.2. The highest BCUT2D eigenvalue weighted by Gasteiger charge is 2.45. The topological polar surface area (TPSA) is 96.5 Å². The molecule has 51 heavy (non-hydrogen) atoms. The van der Waals surface area contributed by atoms with Crippen molar-refractivity contribution < 1.29 is 40.6 Å². The lowest BCUT2D eigenvalue weighted by Crippen LogP contribution is -2.37. The average Bonchev–Trinajstić information content (AvgIpc) is 3.74. The van der Waals surface area contributed by atoms with Crippen LogP contribution in [0.4, 0.5) is 37.7 Å². The van der Waals surface area contributed by atoms with Crippen molar-refractivity contribution in [3.63, 3.8) is 0 Å². The van der Waals surface area contributed by atoms with Crippen LogP contribution >= 0.6 is 0 Å². The second-order valence-corrected chi connectivity index (χ2v) is 13.5. The summed E-state index contributed by atoms with van der Waals surface area (Å²) in [5.74, 6) is 0.190. The lowest BCUT2D eigenvalue weighted by molar-refractivity contribution is -0.164. The number of esters is 1. The van der Waals surface area contributed by atoms with Crippen LogP contribution in [0.25, 0.3) is 33.8 Å². The predicted octanol–water partition coefficient (Wildman–Crippen LogP) is 8.15. The molecule has 0 amide bonds. The monoisotopic (exact) mass is 718 g/mol. The first-order chi connectivity index (χ1) is 24.2. The van der Waals surface area contributed by atoms with Crippen LogP contribution in [0.3, 0.4) is 0 Å². The second-order valence-electron chi connectivity index (χ2n) is 13.5. The number of pyridine rings is 2. The number of ether oxygens (including phenoxy) is 2. The number of carbonyl (C=O) groups is 1.